The zero-order chi connectivity index (χ0) is 21.5. The molecular weight excluding hydrogens is 380 g/mol. The maximum atomic E-state index is 13.0. The summed E-state index contributed by atoms with van der Waals surface area (Å²) in [5, 5.41) is 2.66. The van der Waals surface area contributed by atoms with Crippen molar-refractivity contribution < 1.29 is 19.1 Å². The van der Waals surface area contributed by atoms with Crippen LogP contribution in [0.25, 0.3) is 0 Å². The number of esters is 1. The van der Waals surface area contributed by atoms with Crippen LogP contribution in [0.1, 0.15) is 34.3 Å². The van der Waals surface area contributed by atoms with Gasteiger partial charge in [0.15, 0.2) is 6.10 Å². The predicted octanol–water partition coefficient (Wildman–Crippen LogP) is 3.49. The number of hydrogen-bond acceptors (Lipinski definition) is 4. The zero-order valence-electron chi connectivity index (χ0n) is 16.4. The van der Waals surface area contributed by atoms with E-state index in [1.165, 1.54) is 19.1 Å². The first kappa shape index (κ1) is 20.8. The van der Waals surface area contributed by atoms with Gasteiger partial charge in [-0.25, -0.2) is 0 Å². The number of anilines is 1. The maximum Gasteiger partial charge on any atom is 0.318 e. The van der Waals surface area contributed by atoms with Gasteiger partial charge < -0.3 is 15.8 Å². The van der Waals surface area contributed by atoms with Crippen LogP contribution in [0.15, 0.2) is 84.9 Å². The molecule has 3 aromatic rings. The highest BCUT2D eigenvalue weighted by Crippen LogP contribution is 2.26. The second kappa shape index (κ2) is 9.52. The van der Waals surface area contributed by atoms with E-state index in [-0.39, 0.29) is 0 Å². The summed E-state index contributed by atoms with van der Waals surface area (Å²) in [4.78, 5) is 36.6. The highest BCUT2D eigenvalue weighted by atomic mass is 16.5. The van der Waals surface area contributed by atoms with Crippen molar-refractivity contribution in [1.29, 1.82) is 0 Å². The lowest BCUT2D eigenvalue weighted by Gasteiger charge is -2.20. The zero-order valence-corrected chi connectivity index (χ0v) is 16.4. The average Bonchev–Trinajstić information content (AvgIpc) is 2.75. The van der Waals surface area contributed by atoms with Crippen LogP contribution in [0.4, 0.5) is 5.69 Å². The standard InChI is InChI=1S/C24H22N2O4/c1-16(23(28)26-20-14-12-19(13-15-20)22(25)27)30-24(29)21(17-8-4-2-5-9-17)18-10-6-3-7-11-18/h2-16,21H,1H3,(H2,25,27)(H,26,28)/t16-/m0/s1. The molecule has 3 N–H and O–H groups in total. The van der Waals surface area contributed by atoms with Gasteiger partial charge in [-0.15, -0.1) is 0 Å². The van der Waals surface area contributed by atoms with Gasteiger partial charge in [-0.3, -0.25) is 14.4 Å². The van der Waals surface area contributed by atoms with Crippen LogP contribution in [0.2, 0.25) is 0 Å². The summed E-state index contributed by atoms with van der Waals surface area (Å²) in [6.45, 7) is 1.51. The summed E-state index contributed by atoms with van der Waals surface area (Å²) in [5.41, 5.74) is 7.57. The monoisotopic (exact) mass is 402 g/mol. The second-order valence-electron chi connectivity index (χ2n) is 6.76. The molecule has 0 saturated carbocycles. The SMILES string of the molecule is C[C@H](OC(=O)C(c1ccccc1)c1ccccc1)C(=O)Nc1ccc(C(N)=O)cc1. The number of ether oxygens (including phenoxy) is 1. The van der Waals surface area contributed by atoms with Crippen LogP contribution in [0, 0.1) is 0 Å². The molecule has 3 aromatic carbocycles. The van der Waals surface area contributed by atoms with Crippen molar-refractivity contribution in [1.82, 2.24) is 0 Å². The van der Waals surface area contributed by atoms with Gasteiger partial charge in [0, 0.05) is 11.3 Å². The van der Waals surface area contributed by atoms with Crippen molar-refractivity contribution in [3.63, 3.8) is 0 Å². The Balaban J connectivity index is 1.71. The Labute approximate surface area is 174 Å². The number of nitrogens with two attached hydrogens (primary N) is 1. The molecule has 0 fully saturated rings. The third kappa shape index (κ3) is 5.11. The van der Waals surface area contributed by atoms with E-state index in [0.717, 1.165) is 11.1 Å². The van der Waals surface area contributed by atoms with E-state index < -0.39 is 29.8 Å². The topological polar surface area (TPSA) is 98.5 Å². The Morgan fingerprint density at radius 3 is 1.77 bits per heavy atom. The van der Waals surface area contributed by atoms with E-state index in [9.17, 15) is 14.4 Å². The molecule has 0 unspecified atom stereocenters. The van der Waals surface area contributed by atoms with Crippen LogP contribution >= 0.6 is 0 Å². The molecule has 0 aliphatic heterocycles. The molecule has 0 aliphatic carbocycles. The lowest BCUT2D eigenvalue weighted by molar-refractivity contribution is -0.153. The minimum absolute atomic E-state index is 0.334. The molecule has 3 rings (SSSR count). The van der Waals surface area contributed by atoms with Crippen LogP contribution in [0.3, 0.4) is 0 Å². The molecule has 0 heterocycles. The Kier molecular flexibility index (Phi) is 6.60. The van der Waals surface area contributed by atoms with Crippen molar-refractivity contribution in [3.8, 4) is 0 Å². The third-order valence-electron chi connectivity index (χ3n) is 4.60. The van der Waals surface area contributed by atoms with E-state index in [4.69, 9.17) is 10.5 Å². The molecule has 0 bridgehead atoms. The number of carbonyl (C=O) groups is 3. The summed E-state index contributed by atoms with van der Waals surface area (Å²) in [6.07, 6.45) is -1.01. The third-order valence-corrected chi connectivity index (χ3v) is 4.60. The first-order valence-electron chi connectivity index (χ1n) is 9.47. The fourth-order valence-electron chi connectivity index (χ4n) is 3.01. The van der Waals surface area contributed by atoms with Crippen LogP contribution in [0.5, 0.6) is 0 Å². The molecule has 6 nitrogen and oxygen atoms in total. The first-order chi connectivity index (χ1) is 14.5. The van der Waals surface area contributed by atoms with Gasteiger partial charge in [0.2, 0.25) is 5.91 Å². The van der Waals surface area contributed by atoms with Gasteiger partial charge >= 0.3 is 5.97 Å². The molecular formula is C24H22N2O4. The first-order valence-corrected chi connectivity index (χ1v) is 9.47. The number of hydrogen-bond donors (Lipinski definition) is 2. The van der Waals surface area contributed by atoms with Crippen molar-refractivity contribution in [3.05, 3.63) is 102 Å². The highest BCUT2D eigenvalue weighted by Gasteiger charge is 2.27. The van der Waals surface area contributed by atoms with Crippen LogP contribution < -0.4 is 11.1 Å². The van der Waals surface area contributed by atoms with Gasteiger partial charge in [0.25, 0.3) is 5.91 Å². The molecule has 0 spiro atoms. The summed E-state index contributed by atoms with van der Waals surface area (Å²) >= 11 is 0. The van der Waals surface area contributed by atoms with E-state index in [1.54, 1.807) is 12.1 Å². The van der Waals surface area contributed by atoms with E-state index in [2.05, 4.69) is 5.32 Å². The van der Waals surface area contributed by atoms with E-state index in [0.29, 0.717) is 11.3 Å². The van der Waals surface area contributed by atoms with Crippen molar-refractivity contribution in [2.75, 3.05) is 5.32 Å². The normalized spacial score (nSPS) is 11.5. The number of carbonyl (C=O) groups excluding carboxylic acids is 3. The molecule has 6 heteroatoms. The van der Waals surface area contributed by atoms with Crippen LogP contribution in [-0.4, -0.2) is 23.9 Å². The number of rotatable bonds is 7. The fourth-order valence-corrected chi connectivity index (χ4v) is 3.01. The number of amides is 2. The van der Waals surface area contributed by atoms with Crippen molar-refractivity contribution >= 4 is 23.5 Å². The fraction of sp³-hybridized carbons (Fsp3) is 0.125. The molecule has 0 saturated heterocycles. The molecule has 0 aliphatic rings. The van der Waals surface area contributed by atoms with Gasteiger partial charge in [0.1, 0.15) is 5.92 Å². The molecule has 152 valence electrons. The van der Waals surface area contributed by atoms with Crippen LogP contribution in [-0.2, 0) is 14.3 Å². The lowest BCUT2D eigenvalue weighted by atomic mass is 9.91. The number of primary amides is 1. The van der Waals surface area contributed by atoms with Gasteiger partial charge in [0.05, 0.1) is 0 Å². The molecule has 0 aromatic heterocycles. The van der Waals surface area contributed by atoms with E-state index in [1.807, 2.05) is 60.7 Å². The van der Waals surface area contributed by atoms with Gasteiger partial charge in [-0.05, 0) is 42.3 Å². The lowest BCUT2D eigenvalue weighted by Crippen LogP contribution is -2.32. The minimum atomic E-state index is -1.01. The smallest absolute Gasteiger partial charge is 0.318 e. The van der Waals surface area contributed by atoms with E-state index >= 15 is 0 Å². The van der Waals surface area contributed by atoms with Crippen molar-refractivity contribution in [2.45, 2.75) is 18.9 Å². The summed E-state index contributed by atoms with van der Waals surface area (Å²) in [5.74, 6) is -2.19. The second-order valence-corrected chi connectivity index (χ2v) is 6.76. The molecule has 1 atom stereocenters. The van der Waals surface area contributed by atoms with Crippen molar-refractivity contribution in [2.24, 2.45) is 5.73 Å². The summed E-state index contributed by atoms with van der Waals surface area (Å²) < 4.78 is 5.49. The molecule has 30 heavy (non-hydrogen) atoms. The Hall–Kier alpha value is -3.93. The highest BCUT2D eigenvalue weighted by molar-refractivity contribution is 5.97. The summed E-state index contributed by atoms with van der Waals surface area (Å²) in [6, 6.07) is 24.7. The quantitative estimate of drug-likeness (QED) is 0.591. The Morgan fingerprint density at radius 1 is 0.800 bits per heavy atom. The molecule has 2 amide bonds. The largest absolute Gasteiger partial charge is 0.452 e. The average molecular weight is 402 g/mol. The minimum Gasteiger partial charge on any atom is -0.452 e. The Morgan fingerprint density at radius 2 is 1.30 bits per heavy atom. The Bertz CT molecular complexity index is 979. The van der Waals surface area contributed by atoms with Gasteiger partial charge in [-0.2, -0.15) is 0 Å². The molecule has 0 radical (unpaired) electrons. The number of benzene rings is 3. The summed E-state index contributed by atoms with van der Waals surface area (Å²) in [7, 11) is 0. The van der Waals surface area contributed by atoms with Gasteiger partial charge in [-0.1, -0.05) is 60.7 Å². The number of nitrogens with one attached hydrogen (secondary N) is 1. The predicted molar refractivity (Wildman–Crippen MR) is 114 cm³/mol. The maximum absolute atomic E-state index is 13.0.